The van der Waals surface area contributed by atoms with E-state index >= 15 is 0 Å². The average Bonchev–Trinajstić information content (AvgIpc) is 2.63. The van der Waals surface area contributed by atoms with Crippen molar-refractivity contribution in [3.05, 3.63) is 77.4 Å². The molecule has 0 aliphatic rings. The molecule has 0 radical (unpaired) electrons. The second kappa shape index (κ2) is 7.53. The van der Waals surface area contributed by atoms with E-state index < -0.39 is 0 Å². The molecule has 0 spiro atoms. The molecule has 0 saturated heterocycles. The van der Waals surface area contributed by atoms with Gasteiger partial charge in [-0.05, 0) is 43.7 Å². The molecule has 0 fully saturated rings. The Balaban J connectivity index is 1.69. The Hall–Kier alpha value is -3.28. The molecule has 2 N–H and O–H groups in total. The Morgan fingerprint density at radius 1 is 1.04 bits per heavy atom. The topological polar surface area (TPSA) is 79.8 Å². The summed E-state index contributed by atoms with van der Waals surface area (Å²) >= 11 is 0. The van der Waals surface area contributed by atoms with E-state index in [-0.39, 0.29) is 5.91 Å². The maximum Gasteiger partial charge on any atom is 0.270 e. The van der Waals surface area contributed by atoms with Crippen LogP contribution in [0.2, 0.25) is 0 Å². The minimum absolute atomic E-state index is 0.267. The van der Waals surface area contributed by atoms with Crippen molar-refractivity contribution in [3.8, 4) is 0 Å². The SMILES string of the molecule is Cc1ccc(Nc2nccc(C(=O)NCc3ccccn3)n2)c(C)c1. The first-order valence-corrected chi connectivity index (χ1v) is 7.97. The zero-order chi connectivity index (χ0) is 17.6. The van der Waals surface area contributed by atoms with Gasteiger partial charge in [0.1, 0.15) is 5.69 Å². The van der Waals surface area contributed by atoms with Crippen LogP contribution in [0.4, 0.5) is 11.6 Å². The highest BCUT2D eigenvalue weighted by Gasteiger charge is 2.09. The summed E-state index contributed by atoms with van der Waals surface area (Å²) in [5.41, 5.74) is 4.29. The molecular weight excluding hydrogens is 314 g/mol. The summed E-state index contributed by atoms with van der Waals surface area (Å²) in [4.78, 5) is 24.9. The molecule has 0 bridgehead atoms. The lowest BCUT2D eigenvalue weighted by atomic mass is 10.1. The van der Waals surface area contributed by atoms with Crippen LogP contribution in [0.1, 0.15) is 27.3 Å². The highest BCUT2D eigenvalue weighted by Crippen LogP contribution is 2.19. The van der Waals surface area contributed by atoms with E-state index in [1.165, 1.54) is 5.56 Å². The molecule has 6 heteroatoms. The minimum Gasteiger partial charge on any atom is -0.345 e. The third kappa shape index (κ3) is 4.38. The van der Waals surface area contributed by atoms with Crippen molar-refractivity contribution in [2.75, 3.05) is 5.32 Å². The highest BCUT2D eigenvalue weighted by atomic mass is 16.1. The van der Waals surface area contributed by atoms with Gasteiger partial charge in [-0.3, -0.25) is 9.78 Å². The van der Waals surface area contributed by atoms with Gasteiger partial charge in [0.2, 0.25) is 5.95 Å². The molecule has 1 aromatic carbocycles. The number of rotatable bonds is 5. The van der Waals surface area contributed by atoms with Gasteiger partial charge in [-0.15, -0.1) is 0 Å². The van der Waals surface area contributed by atoms with Crippen LogP contribution in [0, 0.1) is 13.8 Å². The molecule has 0 atom stereocenters. The predicted octanol–water partition coefficient (Wildman–Crippen LogP) is 3.16. The second-order valence-electron chi connectivity index (χ2n) is 5.71. The van der Waals surface area contributed by atoms with Gasteiger partial charge >= 0.3 is 0 Å². The van der Waals surface area contributed by atoms with Crippen LogP contribution in [0.5, 0.6) is 0 Å². The maximum absolute atomic E-state index is 12.3. The van der Waals surface area contributed by atoms with Crippen molar-refractivity contribution >= 4 is 17.5 Å². The molecule has 0 aliphatic heterocycles. The number of nitrogens with one attached hydrogen (secondary N) is 2. The van der Waals surface area contributed by atoms with Gasteiger partial charge in [-0.2, -0.15) is 0 Å². The monoisotopic (exact) mass is 333 g/mol. The largest absolute Gasteiger partial charge is 0.345 e. The van der Waals surface area contributed by atoms with Crippen molar-refractivity contribution in [2.24, 2.45) is 0 Å². The first-order chi connectivity index (χ1) is 12.1. The summed E-state index contributed by atoms with van der Waals surface area (Å²) in [6.45, 7) is 4.40. The number of hydrogen-bond acceptors (Lipinski definition) is 5. The van der Waals surface area contributed by atoms with Gasteiger partial charge in [0, 0.05) is 18.1 Å². The number of nitrogens with zero attached hydrogens (tertiary/aromatic N) is 3. The van der Waals surface area contributed by atoms with Crippen molar-refractivity contribution in [1.29, 1.82) is 0 Å². The van der Waals surface area contributed by atoms with Crippen molar-refractivity contribution in [2.45, 2.75) is 20.4 Å². The number of amides is 1. The van der Waals surface area contributed by atoms with Crippen LogP contribution >= 0.6 is 0 Å². The first-order valence-electron chi connectivity index (χ1n) is 7.97. The van der Waals surface area contributed by atoms with Crippen LogP contribution in [0.25, 0.3) is 0 Å². The van der Waals surface area contributed by atoms with E-state index in [9.17, 15) is 4.79 Å². The fourth-order valence-corrected chi connectivity index (χ4v) is 2.38. The Morgan fingerprint density at radius 3 is 2.68 bits per heavy atom. The summed E-state index contributed by atoms with van der Waals surface area (Å²) in [5.74, 6) is 0.120. The summed E-state index contributed by atoms with van der Waals surface area (Å²) < 4.78 is 0. The first kappa shape index (κ1) is 16.6. The van der Waals surface area contributed by atoms with Crippen molar-refractivity contribution in [3.63, 3.8) is 0 Å². The summed E-state index contributed by atoms with van der Waals surface area (Å²) in [6, 6.07) is 13.2. The molecule has 0 saturated carbocycles. The van der Waals surface area contributed by atoms with Gasteiger partial charge in [0.05, 0.1) is 12.2 Å². The van der Waals surface area contributed by atoms with Crippen LogP contribution in [0.15, 0.2) is 54.9 Å². The highest BCUT2D eigenvalue weighted by molar-refractivity contribution is 5.92. The quantitative estimate of drug-likeness (QED) is 0.750. The number of hydrogen-bond donors (Lipinski definition) is 2. The Morgan fingerprint density at radius 2 is 1.92 bits per heavy atom. The normalized spacial score (nSPS) is 10.3. The lowest BCUT2D eigenvalue weighted by Crippen LogP contribution is -2.24. The molecule has 0 aliphatic carbocycles. The van der Waals surface area contributed by atoms with E-state index in [0.717, 1.165) is 16.9 Å². The van der Waals surface area contributed by atoms with Crippen LogP contribution in [-0.2, 0) is 6.54 Å². The summed E-state index contributed by atoms with van der Waals surface area (Å²) in [5, 5.41) is 5.96. The molecule has 25 heavy (non-hydrogen) atoms. The van der Waals surface area contributed by atoms with E-state index in [0.29, 0.717) is 18.2 Å². The number of anilines is 2. The summed E-state index contributed by atoms with van der Waals surface area (Å²) in [7, 11) is 0. The van der Waals surface area contributed by atoms with Gasteiger partial charge in [-0.1, -0.05) is 23.8 Å². The third-order valence-corrected chi connectivity index (χ3v) is 3.67. The molecule has 6 nitrogen and oxygen atoms in total. The van der Waals surface area contributed by atoms with Gasteiger partial charge in [-0.25, -0.2) is 9.97 Å². The lowest BCUT2D eigenvalue weighted by molar-refractivity contribution is 0.0945. The smallest absolute Gasteiger partial charge is 0.270 e. The van der Waals surface area contributed by atoms with Crippen LogP contribution in [-0.4, -0.2) is 20.9 Å². The average molecular weight is 333 g/mol. The van der Waals surface area contributed by atoms with Crippen LogP contribution < -0.4 is 10.6 Å². The second-order valence-corrected chi connectivity index (χ2v) is 5.71. The number of carbonyl (C=O) groups excluding carboxylic acids is 1. The zero-order valence-corrected chi connectivity index (χ0v) is 14.2. The fraction of sp³-hybridized carbons (Fsp3) is 0.158. The Labute approximate surface area is 146 Å². The fourth-order valence-electron chi connectivity index (χ4n) is 2.38. The number of pyridine rings is 1. The zero-order valence-electron chi connectivity index (χ0n) is 14.2. The van der Waals surface area contributed by atoms with Crippen molar-refractivity contribution < 1.29 is 4.79 Å². The molecule has 0 unspecified atom stereocenters. The van der Waals surface area contributed by atoms with Crippen LogP contribution in [0.3, 0.4) is 0 Å². The van der Waals surface area contributed by atoms with E-state index in [2.05, 4.69) is 31.7 Å². The molecule has 3 aromatic rings. The van der Waals surface area contributed by atoms with E-state index in [1.807, 2.05) is 44.2 Å². The molecular formula is C19H19N5O. The Bertz CT molecular complexity index is 880. The van der Waals surface area contributed by atoms with Gasteiger partial charge < -0.3 is 10.6 Å². The molecule has 3 rings (SSSR count). The predicted molar refractivity (Wildman–Crippen MR) is 96.6 cm³/mol. The number of carbonyl (C=O) groups is 1. The number of aryl methyl sites for hydroxylation is 2. The van der Waals surface area contributed by atoms with E-state index in [4.69, 9.17) is 0 Å². The van der Waals surface area contributed by atoms with Gasteiger partial charge in [0.25, 0.3) is 5.91 Å². The van der Waals surface area contributed by atoms with E-state index in [1.54, 1.807) is 18.5 Å². The Kier molecular flexibility index (Phi) is 4.99. The van der Waals surface area contributed by atoms with Gasteiger partial charge in [0.15, 0.2) is 0 Å². The standard InChI is InChI=1S/C19H19N5O/c1-13-6-7-16(14(2)11-13)23-19-21-10-8-17(24-19)18(25)22-12-15-5-3-4-9-20-15/h3-11H,12H2,1-2H3,(H,22,25)(H,21,23,24). The molecule has 2 aromatic heterocycles. The molecule has 1 amide bonds. The number of aromatic nitrogens is 3. The lowest BCUT2D eigenvalue weighted by Gasteiger charge is -2.10. The van der Waals surface area contributed by atoms with Crippen molar-refractivity contribution in [1.82, 2.24) is 20.3 Å². The number of benzene rings is 1. The minimum atomic E-state index is -0.267. The molecule has 2 heterocycles. The third-order valence-electron chi connectivity index (χ3n) is 3.67. The molecule has 126 valence electrons. The maximum atomic E-state index is 12.3. The summed E-state index contributed by atoms with van der Waals surface area (Å²) in [6.07, 6.45) is 3.26.